The average Bonchev–Trinajstić information content (AvgIpc) is 2.78. The molecule has 114 valence electrons. The fourth-order valence-electron chi connectivity index (χ4n) is 2.55. The van der Waals surface area contributed by atoms with Gasteiger partial charge in [0.15, 0.2) is 0 Å². The van der Waals surface area contributed by atoms with Crippen molar-refractivity contribution in [3.63, 3.8) is 0 Å². The number of benzene rings is 2. The third-order valence-corrected chi connectivity index (χ3v) is 3.97. The number of carbonyl (C=O) groups excluding carboxylic acids is 1. The predicted molar refractivity (Wildman–Crippen MR) is 79.3 cm³/mol. The van der Waals surface area contributed by atoms with Crippen molar-refractivity contribution in [1.29, 1.82) is 0 Å². The molecule has 1 N–H and O–H groups in total. The van der Waals surface area contributed by atoms with Gasteiger partial charge in [-0.05, 0) is 25.1 Å². The van der Waals surface area contributed by atoms with Gasteiger partial charge in [-0.3, -0.25) is 4.79 Å². The molecular weight excluding hydrogens is 288 g/mol. The summed E-state index contributed by atoms with van der Waals surface area (Å²) in [6.45, 7) is 3.95. The van der Waals surface area contributed by atoms with E-state index >= 15 is 0 Å². The van der Waals surface area contributed by atoms with Crippen LogP contribution in [-0.4, -0.2) is 12.0 Å². The summed E-state index contributed by atoms with van der Waals surface area (Å²) in [5, 5.41) is 2.39. The maximum absolute atomic E-state index is 13.6. The molecule has 2 atom stereocenters. The SMILES string of the molecule is CC1Oc2c(C(=O)Nc3cc(F)ccc3F)cccc2C1C. The van der Waals surface area contributed by atoms with Crippen molar-refractivity contribution in [1.82, 2.24) is 0 Å². The third kappa shape index (κ3) is 2.43. The summed E-state index contributed by atoms with van der Waals surface area (Å²) in [7, 11) is 0. The van der Waals surface area contributed by atoms with E-state index in [1.807, 2.05) is 19.9 Å². The molecule has 1 amide bonds. The zero-order valence-corrected chi connectivity index (χ0v) is 12.2. The van der Waals surface area contributed by atoms with E-state index in [4.69, 9.17) is 4.74 Å². The number of para-hydroxylation sites is 1. The van der Waals surface area contributed by atoms with Crippen LogP contribution in [0.25, 0.3) is 0 Å². The van der Waals surface area contributed by atoms with Crippen LogP contribution in [0.4, 0.5) is 14.5 Å². The highest BCUT2D eigenvalue weighted by Gasteiger charge is 2.31. The summed E-state index contributed by atoms with van der Waals surface area (Å²) in [6.07, 6.45) is -0.0325. The molecule has 3 rings (SSSR count). The number of hydrogen-bond donors (Lipinski definition) is 1. The number of carbonyl (C=O) groups is 1. The lowest BCUT2D eigenvalue weighted by molar-refractivity contribution is 0.102. The van der Waals surface area contributed by atoms with E-state index in [9.17, 15) is 13.6 Å². The van der Waals surface area contributed by atoms with Crippen LogP contribution in [0.3, 0.4) is 0 Å². The van der Waals surface area contributed by atoms with Crippen molar-refractivity contribution in [3.05, 3.63) is 59.2 Å². The Bertz CT molecular complexity index is 745. The van der Waals surface area contributed by atoms with E-state index in [0.717, 1.165) is 23.8 Å². The molecule has 0 spiro atoms. The molecule has 2 aromatic carbocycles. The van der Waals surface area contributed by atoms with E-state index in [1.54, 1.807) is 12.1 Å². The molecule has 0 radical (unpaired) electrons. The topological polar surface area (TPSA) is 38.3 Å². The quantitative estimate of drug-likeness (QED) is 0.907. The molecule has 3 nitrogen and oxygen atoms in total. The van der Waals surface area contributed by atoms with E-state index in [-0.39, 0.29) is 17.7 Å². The molecule has 1 aliphatic heterocycles. The van der Waals surface area contributed by atoms with Gasteiger partial charge in [0.25, 0.3) is 5.91 Å². The summed E-state index contributed by atoms with van der Waals surface area (Å²) < 4.78 is 32.5. The van der Waals surface area contributed by atoms with Crippen LogP contribution in [0, 0.1) is 11.6 Å². The number of ether oxygens (including phenoxy) is 1. The van der Waals surface area contributed by atoms with Crippen LogP contribution in [0.1, 0.15) is 35.7 Å². The van der Waals surface area contributed by atoms with E-state index in [1.165, 1.54) is 0 Å². The molecule has 0 fully saturated rings. The Morgan fingerprint density at radius 3 is 2.73 bits per heavy atom. The molecule has 22 heavy (non-hydrogen) atoms. The lowest BCUT2D eigenvalue weighted by atomic mass is 9.97. The predicted octanol–water partition coefficient (Wildman–Crippen LogP) is 4.10. The summed E-state index contributed by atoms with van der Waals surface area (Å²) in [6, 6.07) is 8.19. The van der Waals surface area contributed by atoms with Gasteiger partial charge in [0.05, 0.1) is 11.3 Å². The highest BCUT2D eigenvalue weighted by Crippen LogP contribution is 2.40. The van der Waals surface area contributed by atoms with Crippen LogP contribution in [0.15, 0.2) is 36.4 Å². The van der Waals surface area contributed by atoms with Gasteiger partial charge in [0.2, 0.25) is 0 Å². The van der Waals surface area contributed by atoms with Gasteiger partial charge in [-0.2, -0.15) is 0 Å². The zero-order valence-electron chi connectivity index (χ0n) is 12.2. The van der Waals surface area contributed by atoms with Gasteiger partial charge in [0.1, 0.15) is 23.5 Å². The Hall–Kier alpha value is -2.43. The smallest absolute Gasteiger partial charge is 0.259 e. The van der Waals surface area contributed by atoms with E-state index in [2.05, 4.69) is 5.32 Å². The normalized spacial score (nSPS) is 19.5. The Balaban J connectivity index is 1.93. The highest BCUT2D eigenvalue weighted by molar-refractivity contribution is 6.06. The Kier molecular flexibility index (Phi) is 3.56. The summed E-state index contributed by atoms with van der Waals surface area (Å²) in [5.41, 5.74) is 1.07. The number of amides is 1. The maximum Gasteiger partial charge on any atom is 0.259 e. The fraction of sp³-hybridized carbons (Fsp3) is 0.235. The number of rotatable bonds is 2. The van der Waals surface area contributed by atoms with Crippen molar-refractivity contribution in [2.45, 2.75) is 25.9 Å². The first-order chi connectivity index (χ1) is 10.5. The second kappa shape index (κ2) is 5.40. The summed E-state index contributed by atoms with van der Waals surface area (Å²) in [5.74, 6) is -1.15. The molecule has 0 aliphatic carbocycles. The van der Waals surface area contributed by atoms with E-state index < -0.39 is 17.5 Å². The van der Waals surface area contributed by atoms with Crippen molar-refractivity contribution >= 4 is 11.6 Å². The van der Waals surface area contributed by atoms with Crippen molar-refractivity contribution in [3.8, 4) is 5.75 Å². The first kappa shape index (κ1) is 14.5. The minimum Gasteiger partial charge on any atom is -0.489 e. The van der Waals surface area contributed by atoms with Gasteiger partial charge in [0, 0.05) is 17.5 Å². The van der Waals surface area contributed by atoms with Gasteiger partial charge in [-0.1, -0.05) is 19.1 Å². The molecule has 0 saturated heterocycles. The minimum atomic E-state index is -0.690. The van der Waals surface area contributed by atoms with Gasteiger partial charge >= 0.3 is 0 Å². The number of halogens is 2. The lowest BCUT2D eigenvalue weighted by Gasteiger charge is -2.10. The third-order valence-electron chi connectivity index (χ3n) is 3.97. The number of nitrogens with one attached hydrogen (secondary N) is 1. The minimum absolute atomic E-state index is 0.0325. The largest absolute Gasteiger partial charge is 0.489 e. The second-order valence-corrected chi connectivity index (χ2v) is 5.41. The van der Waals surface area contributed by atoms with Crippen molar-refractivity contribution < 1.29 is 18.3 Å². The van der Waals surface area contributed by atoms with Crippen LogP contribution in [0.2, 0.25) is 0 Å². The molecule has 0 aromatic heterocycles. The number of fused-ring (bicyclic) bond motifs is 1. The van der Waals surface area contributed by atoms with Crippen LogP contribution in [0.5, 0.6) is 5.75 Å². The Labute approximate surface area is 126 Å². The van der Waals surface area contributed by atoms with Gasteiger partial charge in [-0.15, -0.1) is 0 Å². The number of hydrogen-bond acceptors (Lipinski definition) is 2. The summed E-state index contributed by atoms with van der Waals surface area (Å²) in [4.78, 5) is 12.4. The average molecular weight is 303 g/mol. The van der Waals surface area contributed by atoms with E-state index in [0.29, 0.717) is 11.3 Å². The fourth-order valence-corrected chi connectivity index (χ4v) is 2.55. The molecule has 2 unspecified atom stereocenters. The molecule has 1 aliphatic rings. The number of anilines is 1. The van der Waals surface area contributed by atoms with Gasteiger partial charge in [-0.25, -0.2) is 8.78 Å². The van der Waals surface area contributed by atoms with Crippen LogP contribution < -0.4 is 10.1 Å². The standard InChI is InChI=1S/C17H15F2NO2/c1-9-10(2)22-16-12(9)4-3-5-13(16)17(21)20-15-8-11(18)6-7-14(15)19/h3-10H,1-2H3,(H,20,21). The Morgan fingerprint density at radius 2 is 1.95 bits per heavy atom. The van der Waals surface area contributed by atoms with Crippen molar-refractivity contribution in [2.75, 3.05) is 5.32 Å². The summed E-state index contributed by atoms with van der Waals surface area (Å²) >= 11 is 0. The first-order valence-electron chi connectivity index (χ1n) is 7.03. The first-order valence-corrected chi connectivity index (χ1v) is 7.03. The zero-order chi connectivity index (χ0) is 15.9. The Morgan fingerprint density at radius 1 is 1.18 bits per heavy atom. The second-order valence-electron chi connectivity index (χ2n) is 5.41. The van der Waals surface area contributed by atoms with Crippen LogP contribution >= 0.6 is 0 Å². The molecular formula is C17H15F2NO2. The molecule has 1 heterocycles. The van der Waals surface area contributed by atoms with Gasteiger partial charge < -0.3 is 10.1 Å². The van der Waals surface area contributed by atoms with Crippen molar-refractivity contribution in [2.24, 2.45) is 0 Å². The highest BCUT2D eigenvalue weighted by atomic mass is 19.1. The molecule has 2 aromatic rings. The van der Waals surface area contributed by atoms with Crippen LogP contribution in [-0.2, 0) is 0 Å². The monoisotopic (exact) mass is 303 g/mol. The molecule has 0 bridgehead atoms. The molecule has 5 heteroatoms. The molecule has 0 saturated carbocycles. The lowest BCUT2D eigenvalue weighted by Crippen LogP contribution is -2.15. The maximum atomic E-state index is 13.6.